The molecular weight excluding hydrogens is 192 g/mol. The first kappa shape index (κ1) is 11.9. The lowest BCUT2D eigenvalue weighted by molar-refractivity contribution is 0.0731. The molecule has 2 N–H and O–H groups in total. The Morgan fingerprint density at radius 2 is 2.13 bits per heavy atom. The van der Waals surface area contributed by atoms with E-state index in [9.17, 15) is 9.90 Å². The third-order valence-electron chi connectivity index (χ3n) is 2.12. The molecule has 0 atom stereocenters. The second-order valence-corrected chi connectivity index (χ2v) is 4.73. The molecule has 15 heavy (non-hydrogen) atoms. The molecule has 0 aliphatic heterocycles. The average Bonchev–Trinajstić information content (AvgIpc) is 2.05. The number of nitrogens with one attached hydrogen (secondary N) is 1. The zero-order valence-corrected chi connectivity index (χ0v) is 9.66. The van der Waals surface area contributed by atoms with E-state index in [0.29, 0.717) is 23.7 Å². The van der Waals surface area contributed by atoms with Crippen LogP contribution in [0.3, 0.4) is 0 Å². The van der Waals surface area contributed by atoms with Crippen LogP contribution in [0.25, 0.3) is 0 Å². The van der Waals surface area contributed by atoms with Crippen LogP contribution in [0.1, 0.15) is 39.1 Å². The molecular formula is C11H18N2O2. The highest BCUT2D eigenvalue weighted by atomic mass is 16.3. The fraction of sp³-hybridized carbons (Fsp3) is 0.636. The Morgan fingerprint density at radius 1 is 1.53 bits per heavy atom. The Balaban J connectivity index is 3.04. The molecule has 0 fully saturated rings. The van der Waals surface area contributed by atoms with Crippen molar-refractivity contribution in [1.82, 2.24) is 9.97 Å². The quantitative estimate of drug-likeness (QED) is 0.787. The van der Waals surface area contributed by atoms with Gasteiger partial charge in [-0.05, 0) is 26.2 Å². The maximum Gasteiger partial charge on any atom is 0.269 e. The van der Waals surface area contributed by atoms with Crippen molar-refractivity contribution >= 4 is 0 Å². The summed E-state index contributed by atoms with van der Waals surface area (Å²) < 4.78 is 0. The summed E-state index contributed by atoms with van der Waals surface area (Å²) in [6.45, 7) is 7.29. The molecule has 1 aromatic heterocycles. The van der Waals surface area contributed by atoms with Crippen LogP contribution in [0.4, 0.5) is 0 Å². The summed E-state index contributed by atoms with van der Waals surface area (Å²) in [6.07, 6.45) is 2.18. The molecule has 0 saturated carbocycles. The molecule has 0 bridgehead atoms. The first-order valence-electron chi connectivity index (χ1n) is 5.11. The van der Waals surface area contributed by atoms with Gasteiger partial charge in [0.25, 0.3) is 5.56 Å². The lowest BCUT2D eigenvalue weighted by Gasteiger charge is -2.16. The Kier molecular flexibility index (Phi) is 3.29. The molecule has 1 rings (SSSR count). The minimum atomic E-state index is -1.05. The predicted molar refractivity (Wildman–Crippen MR) is 58.6 cm³/mol. The molecule has 1 heterocycles. The number of aromatic nitrogens is 2. The highest BCUT2D eigenvalue weighted by Gasteiger charge is 2.18. The largest absolute Gasteiger partial charge is 0.384 e. The third-order valence-corrected chi connectivity index (χ3v) is 2.12. The average molecular weight is 210 g/mol. The Morgan fingerprint density at radius 3 is 2.53 bits per heavy atom. The van der Waals surface area contributed by atoms with Crippen LogP contribution >= 0.6 is 0 Å². The van der Waals surface area contributed by atoms with Crippen molar-refractivity contribution in [1.29, 1.82) is 0 Å². The monoisotopic (exact) mass is 210 g/mol. The van der Waals surface area contributed by atoms with Gasteiger partial charge in [-0.25, -0.2) is 0 Å². The van der Waals surface area contributed by atoms with Gasteiger partial charge in [0.05, 0.1) is 5.69 Å². The van der Waals surface area contributed by atoms with Gasteiger partial charge in [0.2, 0.25) is 0 Å². The van der Waals surface area contributed by atoms with E-state index in [0.717, 1.165) is 0 Å². The van der Waals surface area contributed by atoms with Gasteiger partial charge in [-0.15, -0.1) is 0 Å². The van der Waals surface area contributed by atoms with Gasteiger partial charge in [-0.2, -0.15) is 0 Å². The van der Waals surface area contributed by atoms with Crippen LogP contribution in [0.5, 0.6) is 0 Å². The second-order valence-electron chi connectivity index (χ2n) is 4.73. The zero-order chi connectivity index (χ0) is 11.6. The van der Waals surface area contributed by atoms with E-state index < -0.39 is 5.60 Å². The van der Waals surface area contributed by atoms with E-state index in [1.54, 1.807) is 13.8 Å². The molecule has 0 amide bonds. The summed E-state index contributed by atoms with van der Waals surface area (Å²) in [5.74, 6) is 0.395. The van der Waals surface area contributed by atoms with Crippen LogP contribution in [0.15, 0.2) is 11.0 Å². The summed E-state index contributed by atoms with van der Waals surface area (Å²) in [7, 11) is 0. The van der Waals surface area contributed by atoms with Crippen molar-refractivity contribution in [3.05, 3.63) is 27.9 Å². The van der Waals surface area contributed by atoms with E-state index in [2.05, 4.69) is 9.97 Å². The van der Waals surface area contributed by atoms with Crippen molar-refractivity contribution in [2.75, 3.05) is 0 Å². The molecule has 1 aromatic rings. The smallest absolute Gasteiger partial charge is 0.269 e. The molecule has 0 radical (unpaired) electrons. The Hall–Kier alpha value is -1.16. The van der Waals surface area contributed by atoms with Gasteiger partial charge in [0, 0.05) is 6.20 Å². The molecule has 0 spiro atoms. The molecule has 0 aliphatic rings. The summed E-state index contributed by atoms with van der Waals surface area (Å²) in [6, 6.07) is 0. The first-order chi connectivity index (χ1) is 6.80. The minimum absolute atomic E-state index is 0.205. The highest BCUT2D eigenvalue weighted by Crippen LogP contribution is 2.14. The van der Waals surface area contributed by atoms with Gasteiger partial charge < -0.3 is 10.1 Å². The summed E-state index contributed by atoms with van der Waals surface area (Å²) >= 11 is 0. The normalized spacial score (nSPS) is 12.1. The topological polar surface area (TPSA) is 66.0 Å². The summed E-state index contributed by atoms with van der Waals surface area (Å²) in [5.41, 5.74) is -0.288. The zero-order valence-electron chi connectivity index (χ0n) is 9.66. The van der Waals surface area contributed by atoms with Crippen molar-refractivity contribution < 1.29 is 5.11 Å². The SMILES string of the molecule is CC(C)Cc1ncc(C(C)(C)O)[nH]c1=O. The molecule has 84 valence electrons. The highest BCUT2D eigenvalue weighted by molar-refractivity contribution is 5.09. The lowest BCUT2D eigenvalue weighted by atomic mass is 10.1. The molecule has 4 heteroatoms. The maximum absolute atomic E-state index is 11.6. The number of H-pyrrole nitrogens is 1. The van der Waals surface area contributed by atoms with E-state index in [1.807, 2.05) is 13.8 Å². The van der Waals surface area contributed by atoms with Gasteiger partial charge >= 0.3 is 0 Å². The standard InChI is InChI=1S/C11H18N2O2/c1-7(2)5-8-10(14)13-9(6-12-8)11(3,4)15/h6-7,15H,5H2,1-4H3,(H,13,14). The molecule has 0 unspecified atom stereocenters. The summed E-state index contributed by atoms with van der Waals surface area (Å²) in [5, 5.41) is 9.68. The van der Waals surface area contributed by atoms with Crippen molar-refractivity contribution in [3.8, 4) is 0 Å². The van der Waals surface area contributed by atoms with Gasteiger partial charge in [0.15, 0.2) is 0 Å². The number of hydrogen-bond donors (Lipinski definition) is 2. The Labute approximate surface area is 89.4 Å². The maximum atomic E-state index is 11.6. The Bertz CT molecular complexity index is 388. The molecule has 0 aromatic carbocycles. The summed E-state index contributed by atoms with van der Waals surface area (Å²) in [4.78, 5) is 18.3. The van der Waals surface area contributed by atoms with Crippen molar-refractivity contribution in [2.45, 2.75) is 39.7 Å². The number of aromatic amines is 1. The van der Waals surface area contributed by atoms with Gasteiger partial charge in [-0.1, -0.05) is 13.8 Å². The first-order valence-corrected chi connectivity index (χ1v) is 5.11. The molecule has 0 saturated heterocycles. The van der Waals surface area contributed by atoms with Crippen molar-refractivity contribution in [2.24, 2.45) is 5.92 Å². The predicted octanol–water partition coefficient (Wildman–Crippen LogP) is 1.20. The van der Waals surface area contributed by atoms with Crippen LogP contribution in [-0.2, 0) is 12.0 Å². The van der Waals surface area contributed by atoms with Crippen LogP contribution in [-0.4, -0.2) is 15.1 Å². The number of nitrogens with zero attached hydrogens (tertiary/aromatic N) is 1. The third kappa shape index (κ3) is 3.16. The fourth-order valence-corrected chi connectivity index (χ4v) is 1.27. The number of rotatable bonds is 3. The van der Waals surface area contributed by atoms with E-state index in [4.69, 9.17) is 0 Å². The van der Waals surface area contributed by atoms with Crippen LogP contribution < -0.4 is 5.56 Å². The van der Waals surface area contributed by atoms with Crippen molar-refractivity contribution in [3.63, 3.8) is 0 Å². The number of aliphatic hydroxyl groups is 1. The van der Waals surface area contributed by atoms with Crippen LogP contribution in [0, 0.1) is 5.92 Å². The minimum Gasteiger partial charge on any atom is -0.384 e. The fourth-order valence-electron chi connectivity index (χ4n) is 1.27. The van der Waals surface area contributed by atoms with E-state index in [1.165, 1.54) is 6.20 Å². The second kappa shape index (κ2) is 4.14. The lowest BCUT2D eigenvalue weighted by Crippen LogP contribution is -2.25. The van der Waals surface area contributed by atoms with Crippen LogP contribution in [0.2, 0.25) is 0 Å². The number of hydrogen-bond acceptors (Lipinski definition) is 3. The molecule has 4 nitrogen and oxygen atoms in total. The molecule has 0 aliphatic carbocycles. The van der Waals surface area contributed by atoms with E-state index >= 15 is 0 Å². The van der Waals surface area contributed by atoms with Gasteiger partial charge in [0.1, 0.15) is 11.3 Å². The van der Waals surface area contributed by atoms with Gasteiger partial charge in [-0.3, -0.25) is 9.78 Å². The van der Waals surface area contributed by atoms with E-state index in [-0.39, 0.29) is 5.56 Å².